The zero-order valence-electron chi connectivity index (χ0n) is 14.0. The van der Waals surface area contributed by atoms with E-state index in [-0.39, 0.29) is 21.9 Å². The second kappa shape index (κ2) is 4.94. The Balaban J connectivity index is 2.00. The van der Waals surface area contributed by atoms with Crippen molar-refractivity contribution in [2.45, 2.75) is 0 Å². The molecule has 3 heterocycles. The molecule has 0 aliphatic carbocycles. The molecule has 2 aliphatic heterocycles. The molecule has 2 aliphatic rings. The van der Waals surface area contributed by atoms with Gasteiger partial charge in [-0.25, -0.2) is 10.0 Å². The normalized spacial score (nSPS) is 15.8. The zero-order valence-corrected chi connectivity index (χ0v) is 13.8. The molecule has 25 heavy (non-hydrogen) atoms. The minimum absolute atomic E-state index is 0.0335. The van der Waals surface area contributed by atoms with Crippen LogP contribution in [0.4, 0.5) is 11.4 Å². The number of fused-ring (bicyclic) bond motifs is 6. The van der Waals surface area contributed by atoms with Crippen molar-refractivity contribution in [2.24, 2.45) is 10.1 Å². The zero-order chi connectivity index (χ0) is 18.0. The number of nitrogens with one attached hydrogen (secondary N) is 1. The van der Waals surface area contributed by atoms with Crippen molar-refractivity contribution in [1.82, 2.24) is 5.01 Å². The van der Waals surface area contributed by atoms with E-state index in [4.69, 9.17) is 17.4 Å². The molecule has 3 aromatic rings. The van der Waals surface area contributed by atoms with Crippen molar-refractivity contribution < 1.29 is 5.83 Å². The van der Waals surface area contributed by atoms with Crippen molar-refractivity contribution in [2.75, 3.05) is 12.4 Å². The van der Waals surface area contributed by atoms with E-state index in [2.05, 4.69) is 10.1 Å². The Morgan fingerprint density at radius 3 is 3.00 bits per heavy atom. The number of amidine groups is 1. The highest BCUT2D eigenvalue weighted by atomic mass is 35.5. The van der Waals surface area contributed by atoms with Crippen LogP contribution in [0.15, 0.2) is 61.8 Å². The van der Waals surface area contributed by atoms with Crippen LogP contribution in [0.2, 0.25) is 6.43 Å². The Labute approximate surface area is 147 Å². The first-order valence-corrected chi connectivity index (χ1v) is 7.98. The molecule has 1 aromatic heterocycles. The lowest BCUT2D eigenvalue weighted by Gasteiger charge is -2.23. The summed E-state index contributed by atoms with van der Waals surface area (Å²) in [6.07, 6.45) is 0. The van der Waals surface area contributed by atoms with Crippen molar-refractivity contribution >= 4 is 45.5 Å². The second-order valence-corrected chi connectivity index (χ2v) is 6.19. The highest BCUT2D eigenvalue weighted by molar-refractivity contribution is 6.31. The third-order valence-electron chi connectivity index (χ3n) is 4.15. The molecule has 0 radical (unpaired) electrons. The highest BCUT2D eigenvalue weighted by Gasteiger charge is 2.26. The average Bonchev–Trinajstić information content (AvgIpc) is 2.70. The van der Waals surface area contributed by atoms with E-state index in [1.54, 1.807) is 37.4 Å². The lowest BCUT2D eigenvalue weighted by Crippen LogP contribution is -2.40. The van der Waals surface area contributed by atoms with Crippen molar-refractivity contribution in [3.63, 3.8) is 0 Å². The number of anilines is 1. The summed E-state index contributed by atoms with van der Waals surface area (Å²) in [5, 5.41) is 8.43. The Morgan fingerprint density at radius 2 is 2.12 bits per heavy atom. The van der Waals surface area contributed by atoms with Gasteiger partial charge in [-0.15, -0.1) is 0 Å². The van der Waals surface area contributed by atoms with Crippen LogP contribution in [0, 0.1) is 0 Å². The molecule has 6 nitrogen and oxygen atoms in total. The molecule has 0 saturated heterocycles. The van der Waals surface area contributed by atoms with Gasteiger partial charge in [-0.2, -0.15) is 5.10 Å². The molecule has 2 bridgehead atoms. The Bertz CT molecular complexity index is 1310. The summed E-state index contributed by atoms with van der Waals surface area (Å²) in [4.78, 5) is 17.6. The summed E-state index contributed by atoms with van der Waals surface area (Å²) < 4.78 is 14.5. The molecule has 7 heteroatoms. The molecule has 0 saturated carbocycles. The third kappa shape index (κ3) is 2.01. The second-order valence-electron chi connectivity index (χ2n) is 5.76. The van der Waals surface area contributed by atoms with Gasteiger partial charge < -0.3 is 9.73 Å². The molecule has 0 fully saturated rings. The quantitative estimate of drug-likeness (QED) is 0.674. The summed E-state index contributed by atoms with van der Waals surface area (Å²) in [6.45, 7) is 0. The van der Waals surface area contributed by atoms with E-state index in [0.717, 1.165) is 5.31 Å². The van der Waals surface area contributed by atoms with Crippen LogP contribution in [-0.4, -0.2) is 17.9 Å². The topological polar surface area (TPSA) is 70.2 Å². The Morgan fingerprint density at radius 1 is 1.28 bits per heavy atom. The third-order valence-corrected chi connectivity index (χ3v) is 4.39. The van der Waals surface area contributed by atoms with Gasteiger partial charge in [-0.3, -0.25) is 4.79 Å². The van der Waals surface area contributed by atoms with Gasteiger partial charge in [0.05, 0.1) is 11.4 Å². The molecule has 5 rings (SSSR count). The number of halogens is 1. The fraction of sp³-hybridized carbons (Fsp3) is 0.0556. The summed E-state index contributed by atoms with van der Waals surface area (Å²) in [5.74, 6) is 0.362. The molecular formula is C18H11ClN4O2. The maximum absolute atomic E-state index is 13.0. The smallest absolute Gasteiger partial charge is 0.251 e. The van der Waals surface area contributed by atoms with E-state index in [1.165, 1.54) is 5.01 Å². The monoisotopic (exact) mass is 351 g/mol. The maximum Gasteiger partial charge on any atom is 0.251 e. The van der Waals surface area contributed by atoms with E-state index < -0.39 is 0 Å². The summed E-state index contributed by atoms with van der Waals surface area (Å²) >= 11 is 6.07. The van der Waals surface area contributed by atoms with Gasteiger partial charge in [0.25, 0.3) is 5.43 Å². The number of hydrogen-bond acceptors (Lipinski definition) is 6. The van der Waals surface area contributed by atoms with Crippen molar-refractivity contribution in [3.8, 4) is 0 Å². The first kappa shape index (κ1) is 13.2. The van der Waals surface area contributed by atoms with Crippen LogP contribution < -0.4 is 21.5 Å². The maximum atomic E-state index is 13.0. The van der Waals surface area contributed by atoms with E-state index in [9.17, 15) is 4.79 Å². The minimum Gasteiger partial charge on any atom is -0.450 e. The van der Waals surface area contributed by atoms with Crippen LogP contribution >= 0.6 is 11.6 Å². The van der Waals surface area contributed by atoms with Gasteiger partial charge in [-0.1, -0.05) is 23.7 Å². The van der Waals surface area contributed by atoms with Gasteiger partial charge in [0.15, 0.2) is 7.25 Å². The fourth-order valence-corrected chi connectivity index (χ4v) is 3.15. The van der Waals surface area contributed by atoms with E-state index in [0.29, 0.717) is 33.2 Å². The number of para-hydroxylation sites is 1. The predicted octanol–water partition coefficient (Wildman–Crippen LogP) is 2.19. The first-order chi connectivity index (χ1) is 12.5. The number of rotatable bonds is 0. The van der Waals surface area contributed by atoms with E-state index in [1.807, 2.05) is 12.1 Å². The number of hydrogen-bond donors (Lipinski definition) is 1. The number of nitrogens with zero attached hydrogens (tertiary/aromatic N) is 3. The standard InChI is InChI=1S/C18H11ClN4O2/c1-23-18-15(20-12-8-9(19)6-7-11(12)21-18)17-16(24)14(22-23)10-4-2-3-5-13(10)25-17/h2-8,20H,1H3/i/hD. The number of benzene rings is 2. The van der Waals surface area contributed by atoms with Crippen molar-refractivity contribution in [1.29, 1.82) is 0 Å². The predicted molar refractivity (Wildman–Crippen MR) is 96.6 cm³/mol. The van der Waals surface area contributed by atoms with Gasteiger partial charge in [0.1, 0.15) is 16.6 Å². The minimum atomic E-state index is -0.376. The largest absolute Gasteiger partial charge is 0.450 e. The van der Waals surface area contributed by atoms with Gasteiger partial charge >= 0.3 is 0 Å². The lowest BCUT2D eigenvalue weighted by atomic mass is 10.2. The van der Waals surface area contributed by atoms with Crippen LogP contribution in [0.25, 0.3) is 16.7 Å². The van der Waals surface area contributed by atoms with Crippen molar-refractivity contribution in [3.05, 3.63) is 68.5 Å². The lowest BCUT2D eigenvalue weighted by molar-refractivity contribution is 0.528. The van der Waals surface area contributed by atoms with Gasteiger partial charge in [0, 0.05) is 17.5 Å². The molecule has 2 aromatic carbocycles. The van der Waals surface area contributed by atoms with Crippen LogP contribution in [0.5, 0.6) is 0 Å². The Hall–Kier alpha value is -3.12. The first-order valence-electron chi connectivity index (χ1n) is 8.05. The molecule has 0 amide bonds. The number of likely N-dealkylation sites (N-methyl/N-ethyl adjacent to an activating group) is 1. The summed E-state index contributed by atoms with van der Waals surface area (Å²) in [5.41, 5.74) is 1.45. The fourth-order valence-electron chi connectivity index (χ4n) is 2.99. The van der Waals surface area contributed by atoms with Gasteiger partial charge in [0.2, 0.25) is 5.42 Å². The van der Waals surface area contributed by atoms with E-state index >= 15 is 0 Å². The van der Waals surface area contributed by atoms with Crippen LogP contribution in [0.3, 0.4) is 0 Å². The molecule has 0 unspecified atom stereocenters. The molecule has 1 N–H and O–H groups in total. The highest BCUT2D eigenvalue weighted by Crippen LogP contribution is 2.34. The van der Waals surface area contributed by atoms with Crippen LogP contribution in [-0.2, 0) is 0 Å². The SMILES string of the molecule is [2H]N1C2=c3oc4ccccc4c(c3=O)=NN(C)C2=Nc2ccc(Cl)cc21. The molecule has 0 spiro atoms. The molecule has 0 atom stereocenters. The number of aliphatic imine (C=N–C) groups is 1. The molecule has 122 valence electrons. The summed E-state index contributed by atoms with van der Waals surface area (Å²) in [6, 6.07) is 12.2. The van der Waals surface area contributed by atoms with Crippen LogP contribution in [0.1, 0.15) is 0 Å². The Kier molecular flexibility index (Phi) is 2.61. The van der Waals surface area contributed by atoms with Gasteiger partial charge in [-0.05, 0) is 30.3 Å². The average molecular weight is 352 g/mol. The summed E-state index contributed by atoms with van der Waals surface area (Å²) in [7, 11) is 1.69. The molecular weight excluding hydrogens is 340 g/mol.